The van der Waals surface area contributed by atoms with Crippen LogP contribution < -0.4 is 0 Å². The Morgan fingerprint density at radius 1 is 1.40 bits per heavy atom. The van der Waals surface area contributed by atoms with Crippen molar-refractivity contribution >= 4 is 17.8 Å². The maximum atomic E-state index is 14.4. The summed E-state index contributed by atoms with van der Waals surface area (Å²) < 4.78 is 19.1. The van der Waals surface area contributed by atoms with Gasteiger partial charge in [-0.05, 0) is 30.0 Å². The molecule has 0 aromatic heterocycles. The van der Waals surface area contributed by atoms with E-state index in [0.717, 1.165) is 11.1 Å². The zero-order valence-corrected chi connectivity index (χ0v) is 11.2. The highest BCUT2D eigenvalue weighted by atomic mass is 19.1. The van der Waals surface area contributed by atoms with Gasteiger partial charge in [0.05, 0.1) is 12.5 Å². The molecule has 2 aliphatic carbocycles. The lowest BCUT2D eigenvalue weighted by atomic mass is 9.67. The van der Waals surface area contributed by atoms with Crippen LogP contribution in [-0.2, 0) is 19.7 Å². The van der Waals surface area contributed by atoms with Gasteiger partial charge in [0.15, 0.2) is 0 Å². The molecule has 0 N–H and O–H groups in total. The first-order valence-corrected chi connectivity index (χ1v) is 6.66. The molecule has 2 aliphatic rings. The average molecular weight is 274 g/mol. The van der Waals surface area contributed by atoms with Gasteiger partial charge in [-0.1, -0.05) is 24.3 Å². The number of hydrogen-bond acceptors (Lipinski definition) is 3. The standard InChI is InChI=1S/C16H15FO3/c1-20-15(19)11-6-7-16(9-13(11)18)12-5-3-2-4-10(12)8-14(16)17/h2-5,8,11H,6-7,9H2,1H3. The molecular weight excluding hydrogens is 259 g/mol. The lowest BCUT2D eigenvalue weighted by Gasteiger charge is -2.35. The summed E-state index contributed by atoms with van der Waals surface area (Å²) in [6.07, 6.45) is 2.33. The molecule has 4 heteroatoms. The third kappa shape index (κ3) is 1.71. The van der Waals surface area contributed by atoms with Crippen LogP contribution in [0.3, 0.4) is 0 Å². The summed E-state index contributed by atoms with van der Waals surface area (Å²) in [5, 5.41) is 0. The monoisotopic (exact) mass is 274 g/mol. The molecule has 0 saturated heterocycles. The molecule has 2 unspecified atom stereocenters. The highest BCUT2D eigenvalue weighted by Crippen LogP contribution is 2.51. The number of ether oxygens (including phenoxy) is 1. The zero-order chi connectivity index (χ0) is 14.3. The van der Waals surface area contributed by atoms with E-state index in [-0.39, 0.29) is 18.0 Å². The number of allylic oxidation sites excluding steroid dienone is 1. The van der Waals surface area contributed by atoms with Crippen molar-refractivity contribution in [3.05, 3.63) is 41.2 Å². The number of carbonyl (C=O) groups excluding carboxylic acids is 2. The van der Waals surface area contributed by atoms with Gasteiger partial charge in [-0.15, -0.1) is 0 Å². The van der Waals surface area contributed by atoms with Crippen LogP contribution in [0.15, 0.2) is 30.1 Å². The zero-order valence-electron chi connectivity index (χ0n) is 11.2. The van der Waals surface area contributed by atoms with Crippen LogP contribution in [0.5, 0.6) is 0 Å². The van der Waals surface area contributed by atoms with E-state index in [2.05, 4.69) is 4.74 Å². The molecule has 0 heterocycles. The number of fused-ring (bicyclic) bond motifs is 2. The Kier molecular flexibility index (Phi) is 2.96. The molecule has 1 saturated carbocycles. The van der Waals surface area contributed by atoms with E-state index in [1.807, 2.05) is 24.3 Å². The van der Waals surface area contributed by atoms with Gasteiger partial charge in [-0.25, -0.2) is 4.39 Å². The molecule has 0 amide bonds. The molecule has 2 atom stereocenters. The van der Waals surface area contributed by atoms with E-state index in [4.69, 9.17) is 0 Å². The van der Waals surface area contributed by atoms with Crippen molar-refractivity contribution in [2.75, 3.05) is 7.11 Å². The SMILES string of the molecule is COC(=O)C1CCC2(CC1=O)C(F)=Cc1ccccc12. The van der Waals surface area contributed by atoms with Crippen LogP contribution in [-0.4, -0.2) is 18.9 Å². The van der Waals surface area contributed by atoms with E-state index in [0.29, 0.717) is 12.8 Å². The van der Waals surface area contributed by atoms with E-state index in [1.54, 1.807) is 0 Å². The number of Topliss-reactive ketones (excluding diaryl/α,β-unsaturated/α-hetero) is 1. The van der Waals surface area contributed by atoms with Crippen LogP contribution in [0.25, 0.3) is 6.08 Å². The molecule has 1 spiro atoms. The van der Waals surface area contributed by atoms with E-state index in [1.165, 1.54) is 13.2 Å². The molecule has 1 aromatic carbocycles. The molecule has 3 nitrogen and oxygen atoms in total. The summed E-state index contributed by atoms with van der Waals surface area (Å²) in [5.74, 6) is -1.76. The van der Waals surface area contributed by atoms with Crippen molar-refractivity contribution in [2.24, 2.45) is 5.92 Å². The van der Waals surface area contributed by atoms with Gasteiger partial charge in [0.25, 0.3) is 0 Å². The number of halogens is 1. The molecule has 1 fully saturated rings. The van der Waals surface area contributed by atoms with Crippen LogP contribution in [0.2, 0.25) is 0 Å². The lowest BCUT2D eigenvalue weighted by molar-refractivity contribution is -0.151. The van der Waals surface area contributed by atoms with Crippen molar-refractivity contribution in [3.8, 4) is 0 Å². The van der Waals surface area contributed by atoms with Gasteiger partial charge in [0.1, 0.15) is 17.5 Å². The van der Waals surface area contributed by atoms with Crippen LogP contribution in [0, 0.1) is 5.92 Å². The molecule has 1 aromatic rings. The van der Waals surface area contributed by atoms with Crippen LogP contribution in [0.1, 0.15) is 30.4 Å². The number of carbonyl (C=O) groups is 2. The largest absolute Gasteiger partial charge is 0.468 e. The predicted molar refractivity (Wildman–Crippen MR) is 71.6 cm³/mol. The minimum absolute atomic E-state index is 0.0338. The van der Waals surface area contributed by atoms with E-state index < -0.39 is 17.3 Å². The second-order valence-electron chi connectivity index (χ2n) is 5.42. The van der Waals surface area contributed by atoms with Gasteiger partial charge in [-0.2, -0.15) is 0 Å². The Morgan fingerprint density at radius 2 is 2.15 bits per heavy atom. The number of rotatable bonds is 1. The summed E-state index contributed by atoms with van der Waals surface area (Å²) >= 11 is 0. The van der Waals surface area contributed by atoms with Crippen LogP contribution >= 0.6 is 0 Å². The van der Waals surface area contributed by atoms with Gasteiger partial charge in [0, 0.05) is 6.42 Å². The average Bonchev–Trinajstić information content (AvgIpc) is 2.71. The number of methoxy groups -OCH3 is 1. The molecular formula is C16H15FO3. The summed E-state index contributed by atoms with van der Waals surface area (Å²) in [6.45, 7) is 0. The number of esters is 1. The van der Waals surface area contributed by atoms with Crippen molar-refractivity contribution in [1.82, 2.24) is 0 Å². The molecule has 0 bridgehead atoms. The summed E-state index contributed by atoms with van der Waals surface area (Å²) in [5.41, 5.74) is 0.821. The number of benzene rings is 1. The Morgan fingerprint density at radius 3 is 2.85 bits per heavy atom. The normalized spacial score (nSPS) is 28.2. The molecule has 20 heavy (non-hydrogen) atoms. The fourth-order valence-electron chi connectivity index (χ4n) is 3.35. The Labute approximate surface area is 116 Å². The number of hydrogen-bond donors (Lipinski definition) is 0. The lowest BCUT2D eigenvalue weighted by Crippen LogP contribution is -2.40. The Hall–Kier alpha value is -1.97. The topological polar surface area (TPSA) is 43.4 Å². The fourth-order valence-corrected chi connectivity index (χ4v) is 3.35. The van der Waals surface area contributed by atoms with Gasteiger partial charge in [0.2, 0.25) is 0 Å². The second-order valence-corrected chi connectivity index (χ2v) is 5.42. The van der Waals surface area contributed by atoms with E-state index in [9.17, 15) is 14.0 Å². The second kappa shape index (κ2) is 4.54. The quantitative estimate of drug-likeness (QED) is 0.584. The Balaban J connectivity index is 1.96. The van der Waals surface area contributed by atoms with Gasteiger partial charge < -0.3 is 4.74 Å². The van der Waals surface area contributed by atoms with Crippen LogP contribution in [0.4, 0.5) is 4.39 Å². The highest BCUT2D eigenvalue weighted by molar-refractivity contribution is 6.00. The smallest absolute Gasteiger partial charge is 0.316 e. The van der Waals surface area contributed by atoms with Crippen molar-refractivity contribution in [2.45, 2.75) is 24.7 Å². The highest BCUT2D eigenvalue weighted by Gasteiger charge is 2.49. The molecule has 0 aliphatic heterocycles. The van der Waals surface area contributed by atoms with Gasteiger partial charge in [-0.3, -0.25) is 9.59 Å². The molecule has 104 valence electrons. The maximum Gasteiger partial charge on any atom is 0.316 e. The first-order valence-electron chi connectivity index (χ1n) is 6.66. The maximum absolute atomic E-state index is 14.4. The molecule has 3 rings (SSSR count). The summed E-state index contributed by atoms with van der Waals surface area (Å²) in [4.78, 5) is 23.8. The van der Waals surface area contributed by atoms with Crippen molar-refractivity contribution in [3.63, 3.8) is 0 Å². The van der Waals surface area contributed by atoms with Gasteiger partial charge >= 0.3 is 5.97 Å². The minimum atomic E-state index is -0.863. The first kappa shape index (κ1) is 13.0. The third-order valence-corrected chi connectivity index (χ3v) is 4.43. The minimum Gasteiger partial charge on any atom is -0.468 e. The fraction of sp³-hybridized carbons (Fsp3) is 0.375. The van der Waals surface area contributed by atoms with E-state index >= 15 is 0 Å². The van der Waals surface area contributed by atoms with Crippen molar-refractivity contribution < 1.29 is 18.7 Å². The molecule has 0 radical (unpaired) electrons. The first-order chi connectivity index (χ1) is 9.58. The van der Waals surface area contributed by atoms with Crippen molar-refractivity contribution in [1.29, 1.82) is 0 Å². The summed E-state index contributed by atoms with van der Waals surface area (Å²) in [6, 6.07) is 7.41. The number of ketones is 1. The summed E-state index contributed by atoms with van der Waals surface area (Å²) in [7, 11) is 1.27. The Bertz CT molecular complexity index is 620. The third-order valence-electron chi connectivity index (χ3n) is 4.43. The predicted octanol–water partition coefficient (Wildman–Crippen LogP) is 2.79.